The molecule has 1 N–H and O–H groups in total. The lowest BCUT2D eigenvalue weighted by molar-refractivity contribution is -0.134. The molecule has 3 atom stereocenters. The number of fused-ring (bicyclic) bond motifs is 5. The monoisotopic (exact) mass is 471 g/mol. The maximum atomic E-state index is 15.3. The SMILES string of the molecule is CS(=O)(=O)N[C@H]1[C@@H](F)CN2C(=O)COc3ccc(Cl)c(n3)Cc3cccc(c3F)C[C@@H]12. The minimum atomic E-state index is -3.76. The number of aromatic nitrogens is 1. The van der Waals surface area contributed by atoms with E-state index in [9.17, 15) is 17.6 Å². The van der Waals surface area contributed by atoms with Crippen LogP contribution in [0.2, 0.25) is 5.02 Å². The number of sulfonamides is 1. The second kappa shape index (κ2) is 8.33. The molecule has 4 rings (SSSR count). The number of carbonyl (C=O) groups excluding carboxylic acids is 1. The average molecular weight is 472 g/mol. The van der Waals surface area contributed by atoms with Crippen LogP contribution in [0.15, 0.2) is 30.3 Å². The highest BCUT2D eigenvalue weighted by molar-refractivity contribution is 7.88. The number of alkyl halides is 1. The predicted molar refractivity (Wildman–Crippen MR) is 110 cm³/mol. The first-order valence-electron chi connectivity index (χ1n) is 9.57. The summed E-state index contributed by atoms with van der Waals surface area (Å²) in [5.41, 5.74) is 0.952. The van der Waals surface area contributed by atoms with Gasteiger partial charge in [-0.25, -0.2) is 26.9 Å². The molecule has 11 heteroatoms. The van der Waals surface area contributed by atoms with Crippen LogP contribution in [-0.4, -0.2) is 61.9 Å². The minimum absolute atomic E-state index is 0.0717. The van der Waals surface area contributed by atoms with Gasteiger partial charge in [0.05, 0.1) is 35.6 Å². The van der Waals surface area contributed by atoms with Gasteiger partial charge in [-0.3, -0.25) is 4.79 Å². The summed E-state index contributed by atoms with van der Waals surface area (Å²) >= 11 is 6.20. The summed E-state index contributed by atoms with van der Waals surface area (Å²) in [7, 11) is -3.76. The van der Waals surface area contributed by atoms with E-state index in [1.165, 1.54) is 17.0 Å². The average Bonchev–Trinajstić information content (AvgIpc) is 2.99. The third-order valence-corrected chi connectivity index (χ3v) is 6.47. The van der Waals surface area contributed by atoms with Gasteiger partial charge < -0.3 is 9.64 Å². The Morgan fingerprint density at radius 3 is 2.74 bits per heavy atom. The number of nitrogens with one attached hydrogen (secondary N) is 1. The maximum Gasteiger partial charge on any atom is 0.260 e. The standard InChI is InChI=1S/C20H20ClF2N3O4S/c1-31(28,29)25-20-14(22)9-26-16(20)8-12-4-2-3-11(19(12)23)7-15-13(21)5-6-17(24-15)30-10-18(26)27/h2-6,14,16,20,25H,7-10H2,1H3/t14-,16-,20-/m0/s1. The third kappa shape index (κ3) is 4.65. The zero-order valence-corrected chi connectivity index (χ0v) is 18.1. The summed E-state index contributed by atoms with van der Waals surface area (Å²) in [5.74, 6) is -0.958. The summed E-state index contributed by atoms with van der Waals surface area (Å²) < 4.78 is 61.4. The van der Waals surface area contributed by atoms with E-state index in [2.05, 4.69) is 9.71 Å². The zero-order chi connectivity index (χ0) is 22.3. The van der Waals surface area contributed by atoms with E-state index in [4.69, 9.17) is 16.3 Å². The molecule has 4 bridgehead atoms. The molecule has 2 aromatic rings. The van der Waals surface area contributed by atoms with Crippen molar-refractivity contribution in [3.05, 3.63) is 58.0 Å². The van der Waals surface area contributed by atoms with Crippen molar-refractivity contribution >= 4 is 27.5 Å². The lowest BCUT2D eigenvalue weighted by Gasteiger charge is -2.28. The number of halogens is 3. The van der Waals surface area contributed by atoms with E-state index >= 15 is 4.39 Å². The number of hydrogen-bond donors (Lipinski definition) is 1. The van der Waals surface area contributed by atoms with Crippen LogP contribution < -0.4 is 9.46 Å². The first-order valence-corrected chi connectivity index (χ1v) is 11.8. The van der Waals surface area contributed by atoms with Gasteiger partial charge in [0.2, 0.25) is 15.9 Å². The van der Waals surface area contributed by atoms with Crippen molar-refractivity contribution in [3.8, 4) is 5.88 Å². The van der Waals surface area contributed by atoms with Crippen molar-refractivity contribution in [3.63, 3.8) is 0 Å². The Morgan fingerprint density at radius 2 is 2.00 bits per heavy atom. The Balaban J connectivity index is 1.79. The molecule has 7 nitrogen and oxygen atoms in total. The highest BCUT2D eigenvalue weighted by Gasteiger charge is 2.46. The number of hydrogen-bond acceptors (Lipinski definition) is 5. The van der Waals surface area contributed by atoms with E-state index in [1.807, 2.05) is 0 Å². The largest absolute Gasteiger partial charge is 0.468 e. The Labute approximate surface area is 183 Å². The van der Waals surface area contributed by atoms with Crippen LogP contribution in [0, 0.1) is 5.82 Å². The van der Waals surface area contributed by atoms with Gasteiger partial charge >= 0.3 is 0 Å². The molecule has 1 aromatic carbocycles. The molecule has 1 amide bonds. The van der Waals surface area contributed by atoms with Crippen molar-refractivity contribution in [1.82, 2.24) is 14.6 Å². The molecule has 2 aliphatic rings. The Hall–Kier alpha value is -2.30. The van der Waals surface area contributed by atoms with Gasteiger partial charge in [0.25, 0.3) is 5.91 Å². The molecule has 31 heavy (non-hydrogen) atoms. The Morgan fingerprint density at radius 1 is 1.26 bits per heavy atom. The highest BCUT2D eigenvalue weighted by atomic mass is 35.5. The maximum absolute atomic E-state index is 15.3. The normalized spacial score (nSPS) is 23.9. The van der Waals surface area contributed by atoms with Crippen LogP contribution >= 0.6 is 11.6 Å². The number of pyridine rings is 1. The lowest BCUT2D eigenvalue weighted by Crippen LogP contribution is -2.50. The summed E-state index contributed by atoms with van der Waals surface area (Å²) in [5, 5.41) is 0.330. The van der Waals surface area contributed by atoms with Gasteiger partial charge in [-0.2, -0.15) is 0 Å². The van der Waals surface area contributed by atoms with Crippen molar-refractivity contribution in [2.45, 2.75) is 31.1 Å². The molecule has 3 heterocycles. The van der Waals surface area contributed by atoms with Gasteiger partial charge in [0.1, 0.15) is 12.0 Å². The van der Waals surface area contributed by atoms with Crippen molar-refractivity contribution in [2.75, 3.05) is 19.4 Å². The molecule has 166 valence electrons. The number of benzene rings is 1. The summed E-state index contributed by atoms with van der Waals surface area (Å²) in [4.78, 5) is 18.3. The fraction of sp³-hybridized carbons (Fsp3) is 0.400. The fourth-order valence-corrected chi connectivity index (χ4v) is 4.99. The molecule has 0 radical (unpaired) electrons. The molecular weight excluding hydrogens is 452 g/mol. The summed E-state index contributed by atoms with van der Waals surface area (Å²) in [6, 6.07) is 5.67. The van der Waals surface area contributed by atoms with E-state index in [0.717, 1.165) is 6.26 Å². The summed E-state index contributed by atoms with van der Waals surface area (Å²) in [6.45, 7) is -0.760. The molecule has 1 aromatic heterocycles. The number of ether oxygens (including phenoxy) is 1. The lowest BCUT2D eigenvalue weighted by atomic mass is 9.96. The molecular formula is C20H20ClF2N3O4S. The number of nitrogens with zero attached hydrogens (tertiary/aromatic N) is 2. The second-order valence-corrected chi connectivity index (χ2v) is 9.87. The van der Waals surface area contributed by atoms with Crippen LogP contribution in [-0.2, 0) is 27.7 Å². The Kier molecular flexibility index (Phi) is 5.89. The van der Waals surface area contributed by atoms with Crippen molar-refractivity contribution in [2.24, 2.45) is 0 Å². The summed E-state index contributed by atoms with van der Waals surface area (Å²) in [6.07, 6.45) is -0.717. The smallest absolute Gasteiger partial charge is 0.260 e. The molecule has 2 aliphatic heterocycles. The number of rotatable bonds is 2. The molecule has 1 fully saturated rings. The van der Waals surface area contributed by atoms with Gasteiger partial charge in [-0.1, -0.05) is 29.8 Å². The zero-order valence-electron chi connectivity index (χ0n) is 16.5. The van der Waals surface area contributed by atoms with Crippen molar-refractivity contribution in [1.29, 1.82) is 0 Å². The molecule has 0 spiro atoms. The topological polar surface area (TPSA) is 88.6 Å². The second-order valence-electron chi connectivity index (χ2n) is 7.68. The third-order valence-electron chi connectivity index (χ3n) is 5.43. The Bertz CT molecular complexity index is 1130. The fourth-order valence-electron chi connectivity index (χ4n) is 4.02. The van der Waals surface area contributed by atoms with Crippen LogP contribution in [0.5, 0.6) is 5.88 Å². The van der Waals surface area contributed by atoms with Crippen LogP contribution in [0.3, 0.4) is 0 Å². The quantitative estimate of drug-likeness (QED) is 0.722. The van der Waals surface area contributed by atoms with Gasteiger partial charge in [0.15, 0.2) is 6.61 Å². The van der Waals surface area contributed by atoms with Crippen molar-refractivity contribution < 1.29 is 26.7 Å². The first kappa shape index (κ1) is 21.9. The van der Waals surface area contributed by atoms with Gasteiger partial charge in [0, 0.05) is 12.5 Å². The van der Waals surface area contributed by atoms with E-state index in [0.29, 0.717) is 16.3 Å². The highest BCUT2D eigenvalue weighted by Crippen LogP contribution is 2.29. The van der Waals surface area contributed by atoms with Crippen LogP contribution in [0.4, 0.5) is 8.78 Å². The first-order chi connectivity index (χ1) is 14.6. The van der Waals surface area contributed by atoms with E-state index in [-0.39, 0.29) is 30.8 Å². The van der Waals surface area contributed by atoms with Crippen LogP contribution in [0.25, 0.3) is 0 Å². The molecule has 1 saturated heterocycles. The number of amides is 1. The molecule has 0 unspecified atom stereocenters. The van der Waals surface area contributed by atoms with E-state index < -0.39 is 46.6 Å². The molecule has 0 saturated carbocycles. The van der Waals surface area contributed by atoms with Gasteiger partial charge in [-0.15, -0.1) is 0 Å². The number of carbonyl (C=O) groups is 1. The van der Waals surface area contributed by atoms with E-state index in [1.54, 1.807) is 18.2 Å². The predicted octanol–water partition coefficient (Wildman–Crippen LogP) is 1.87. The van der Waals surface area contributed by atoms with Crippen LogP contribution in [0.1, 0.15) is 16.8 Å². The molecule has 0 aliphatic carbocycles. The van der Waals surface area contributed by atoms with Gasteiger partial charge in [-0.05, 0) is 23.6 Å². The minimum Gasteiger partial charge on any atom is -0.468 e.